The summed E-state index contributed by atoms with van der Waals surface area (Å²) >= 11 is 0. The zero-order valence-electron chi connectivity index (χ0n) is 3.86. The second-order valence-corrected chi connectivity index (χ2v) is 0.854. The van der Waals surface area contributed by atoms with Gasteiger partial charge in [-0.05, 0) is 12.8 Å². The van der Waals surface area contributed by atoms with Crippen LogP contribution < -0.4 is 10.5 Å². The highest BCUT2D eigenvalue weighted by molar-refractivity contribution is 5.67. The van der Waals surface area contributed by atoms with Gasteiger partial charge in [0.25, 0.3) is 0 Å². The van der Waals surface area contributed by atoms with Gasteiger partial charge < -0.3 is 10.5 Å². The third-order valence-corrected chi connectivity index (χ3v) is 0.269. The van der Waals surface area contributed by atoms with Crippen molar-refractivity contribution in [1.29, 1.82) is 0 Å². The first-order valence-electron chi connectivity index (χ1n) is 1.65. The minimum absolute atomic E-state index is 0.197. The van der Waals surface area contributed by atoms with E-state index in [1.807, 2.05) is 0 Å². The van der Waals surface area contributed by atoms with Gasteiger partial charge in [-0.3, -0.25) is 0 Å². The second-order valence-electron chi connectivity index (χ2n) is 0.854. The summed E-state index contributed by atoms with van der Waals surface area (Å²) < 4.78 is 0. The van der Waals surface area contributed by atoms with E-state index >= 15 is 0 Å². The van der Waals surface area contributed by atoms with E-state index in [0.717, 1.165) is 0 Å². The maximum absolute atomic E-state index is 9.81. The smallest absolute Gasteiger partial charge is 0.0216 e. The standard InChI is InChI=1S/C3H8N2O/c1-3(6)5-4-2/h4H,1-2H3,(H,5,6)/p-1. The van der Waals surface area contributed by atoms with Gasteiger partial charge in [-0.25, -0.2) is 5.10 Å². The van der Waals surface area contributed by atoms with Gasteiger partial charge in [-0.2, -0.15) is 0 Å². The summed E-state index contributed by atoms with van der Waals surface area (Å²) in [6, 6.07) is 0. The lowest BCUT2D eigenvalue weighted by molar-refractivity contribution is -0.216. The average Bonchev–Trinajstić information content (AvgIpc) is 1.35. The second kappa shape index (κ2) is 2.50. The number of hydrogen-bond acceptors (Lipinski definition) is 3. The highest BCUT2D eigenvalue weighted by atomic mass is 16.3. The Balaban J connectivity index is 3.14. The lowest BCUT2D eigenvalue weighted by Gasteiger charge is -1.98. The lowest BCUT2D eigenvalue weighted by atomic mass is 10.8. The highest BCUT2D eigenvalue weighted by Gasteiger charge is 1.56. The molecule has 0 rings (SSSR count). The van der Waals surface area contributed by atoms with Gasteiger partial charge in [0.15, 0.2) is 0 Å². The zero-order chi connectivity index (χ0) is 4.99. The topological polar surface area (TPSA) is 47.5 Å². The van der Waals surface area contributed by atoms with Gasteiger partial charge >= 0.3 is 0 Å². The van der Waals surface area contributed by atoms with Crippen molar-refractivity contribution in [2.75, 3.05) is 7.05 Å². The Morgan fingerprint density at radius 2 is 2.33 bits per heavy atom. The summed E-state index contributed by atoms with van der Waals surface area (Å²) in [5.41, 5.74) is 2.34. The molecule has 0 spiro atoms. The van der Waals surface area contributed by atoms with Crippen molar-refractivity contribution < 1.29 is 5.11 Å². The van der Waals surface area contributed by atoms with Crippen molar-refractivity contribution in [2.24, 2.45) is 5.10 Å². The molecule has 0 saturated carbocycles. The minimum atomic E-state index is -0.197. The predicted octanol–water partition coefficient (Wildman–Crippen LogP) is -1.10. The van der Waals surface area contributed by atoms with Crippen LogP contribution in [0.1, 0.15) is 6.92 Å². The van der Waals surface area contributed by atoms with Gasteiger partial charge in [-0.1, -0.05) is 0 Å². The molecule has 0 amide bonds. The summed E-state index contributed by atoms with van der Waals surface area (Å²) in [5.74, 6) is -0.197. The first-order chi connectivity index (χ1) is 2.77. The van der Waals surface area contributed by atoms with Gasteiger partial charge in [0.1, 0.15) is 0 Å². The monoisotopic (exact) mass is 87.1 g/mol. The predicted molar refractivity (Wildman–Crippen MR) is 22.2 cm³/mol. The molecule has 0 fully saturated rings. The molecule has 0 aromatic carbocycles. The fourth-order valence-electron chi connectivity index (χ4n) is 0.157. The Bertz CT molecular complexity index is 55.8. The van der Waals surface area contributed by atoms with E-state index in [0.29, 0.717) is 0 Å². The average molecular weight is 87.1 g/mol. The molecule has 6 heavy (non-hydrogen) atoms. The van der Waals surface area contributed by atoms with E-state index in [4.69, 9.17) is 0 Å². The van der Waals surface area contributed by atoms with Crippen LogP contribution in [0.3, 0.4) is 0 Å². The van der Waals surface area contributed by atoms with Crippen LogP contribution in [0.25, 0.3) is 0 Å². The molecule has 3 nitrogen and oxygen atoms in total. The van der Waals surface area contributed by atoms with Crippen LogP contribution in [0.15, 0.2) is 5.10 Å². The molecule has 36 valence electrons. The normalized spacial score (nSPS) is 11.3. The van der Waals surface area contributed by atoms with Crippen molar-refractivity contribution in [3.63, 3.8) is 0 Å². The Kier molecular flexibility index (Phi) is 2.20. The summed E-state index contributed by atoms with van der Waals surface area (Å²) in [4.78, 5) is 0. The van der Waals surface area contributed by atoms with E-state index in [1.54, 1.807) is 7.05 Å². The van der Waals surface area contributed by atoms with Gasteiger partial charge in [0.05, 0.1) is 0 Å². The summed E-state index contributed by atoms with van der Waals surface area (Å²) in [6.07, 6.45) is 0. The van der Waals surface area contributed by atoms with Crippen molar-refractivity contribution in [2.45, 2.75) is 6.92 Å². The first kappa shape index (κ1) is 5.27. The van der Waals surface area contributed by atoms with E-state index in [9.17, 15) is 5.11 Å². The number of hydrogen-bond donors (Lipinski definition) is 1. The van der Waals surface area contributed by atoms with E-state index in [-0.39, 0.29) is 5.90 Å². The van der Waals surface area contributed by atoms with Gasteiger partial charge in [0.2, 0.25) is 0 Å². The fourth-order valence-corrected chi connectivity index (χ4v) is 0.157. The molecule has 0 radical (unpaired) electrons. The highest BCUT2D eigenvalue weighted by Crippen LogP contribution is 1.52. The quantitative estimate of drug-likeness (QED) is 0.251. The number of nitrogens with zero attached hydrogens (tertiary/aromatic N) is 1. The van der Waals surface area contributed by atoms with Crippen LogP contribution in [0, 0.1) is 0 Å². The maximum Gasteiger partial charge on any atom is 0.0216 e. The molecule has 3 heteroatoms. The summed E-state index contributed by atoms with van der Waals surface area (Å²) in [6.45, 7) is 1.39. The Morgan fingerprint density at radius 3 is 2.33 bits per heavy atom. The van der Waals surface area contributed by atoms with Crippen LogP contribution in [-0.4, -0.2) is 12.9 Å². The van der Waals surface area contributed by atoms with Crippen molar-refractivity contribution in [3.05, 3.63) is 0 Å². The van der Waals surface area contributed by atoms with Crippen molar-refractivity contribution >= 4 is 5.90 Å². The molecule has 0 saturated heterocycles. The van der Waals surface area contributed by atoms with Crippen LogP contribution in [0.4, 0.5) is 0 Å². The third kappa shape index (κ3) is 3.27. The SMILES string of the molecule is CNN=C(C)[O-]. The van der Waals surface area contributed by atoms with Gasteiger partial charge in [0, 0.05) is 7.05 Å². The fraction of sp³-hybridized carbons (Fsp3) is 0.667. The number of hydrazone groups is 1. The molecular formula is C3H7N2O-. The van der Waals surface area contributed by atoms with Crippen LogP contribution in [0.2, 0.25) is 0 Å². The number of nitrogens with one attached hydrogen (secondary N) is 1. The summed E-state index contributed by atoms with van der Waals surface area (Å²) in [5, 5.41) is 13.1. The maximum atomic E-state index is 9.81. The van der Waals surface area contributed by atoms with E-state index < -0.39 is 0 Å². The Hall–Kier alpha value is -0.730. The molecule has 1 N–H and O–H groups in total. The Labute approximate surface area is 36.7 Å². The molecule has 0 aromatic heterocycles. The molecule has 0 aliphatic carbocycles. The van der Waals surface area contributed by atoms with Crippen LogP contribution in [0.5, 0.6) is 0 Å². The number of rotatable bonds is 1. The molecular weight excluding hydrogens is 80.0 g/mol. The lowest BCUT2D eigenvalue weighted by Crippen LogP contribution is -2.15. The van der Waals surface area contributed by atoms with Crippen LogP contribution in [-0.2, 0) is 0 Å². The molecule has 0 heterocycles. The van der Waals surface area contributed by atoms with Gasteiger partial charge in [-0.15, -0.1) is 0 Å². The van der Waals surface area contributed by atoms with Crippen molar-refractivity contribution in [1.82, 2.24) is 5.43 Å². The van der Waals surface area contributed by atoms with E-state index in [2.05, 4.69) is 10.5 Å². The molecule has 0 aliphatic heterocycles. The molecule has 0 unspecified atom stereocenters. The molecule has 0 aromatic rings. The molecule has 0 atom stereocenters. The first-order valence-corrected chi connectivity index (χ1v) is 1.65. The third-order valence-electron chi connectivity index (χ3n) is 0.269. The minimum Gasteiger partial charge on any atom is -0.861 e. The van der Waals surface area contributed by atoms with Crippen molar-refractivity contribution in [3.8, 4) is 0 Å². The van der Waals surface area contributed by atoms with Crippen LogP contribution >= 0.6 is 0 Å². The molecule has 0 aliphatic rings. The zero-order valence-corrected chi connectivity index (χ0v) is 3.86. The largest absolute Gasteiger partial charge is 0.861 e. The summed E-state index contributed by atoms with van der Waals surface area (Å²) in [7, 11) is 1.58. The van der Waals surface area contributed by atoms with E-state index in [1.165, 1.54) is 6.92 Å². The molecule has 0 bridgehead atoms. The Morgan fingerprint density at radius 1 is 1.83 bits per heavy atom.